The van der Waals surface area contributed by atoms with Gasteiger partial charge in [-0.15, -0.1) is 12.4 Å². The predicted molar refractivity (Wildman–Crippen MR) is 82.7 cm³/mol. The third-order valence-corrected chi connectivity index (χ3v) is 3.24. The Kier molecular flexibility index (Phi) is 6.26. The van der Waals surface area contributed by atoms with Gasteiger partial charge in [0.1, 0.15) is 0 Å². The number of benzene rings is 1. The van der Waals surface area contributed by atoms with Crippen LogP contribution in [0.2, 0.25) is 5.02 Å². The van der Waals surface area contributed by atoms with Crippen LogP contribution in [-0.4, -0.2) is 24.4 Å². The molecule has 2 rings (SSSR count). The quantitative estimate of drug-likeness (QED) is 0.801. The summed E-state index contributed by atoms with van der Waals surface area (Å²) < 4.78 is 0. The van der Waals surface area contributed by atoms with Gasteiger partial charge in [0.25, 0.3) is 0 Å². The number of amides is 2. The number of nitrogens with one attached hydrogen (secondary N) is 3. The average molecular weight is 318 g/mol. The fourth-order valence-corrected chi connectivity index (χ4v) is 2.25. The van der Waals surface area contributed by atoms with Gasteiger partial charge in [-0.25, -0.2) is 0 Å². The minimum atomic E-state index is -0.186. The van der Waals surface area contributed by atoms with Gasteiger partial charge < -0.3 is 16.0 Å². The summed E-state index contributed by atoms with van der Waals surface area (Å²) in [5, 5.41) is 8.94. The molecule has 7 heteroatoms. The Labute approximate surface area is 128 Å². The largest absolute Gasteiger partial charge is 0.325 e. The van der Waals surface area contributed by atoms with Crippen molar-refractivity contribution in [2.75, 3.05) is 17.2 Å². The first-order valence-corrected chi connectivity index (χ1v) is 6.55. The molecule has 0 saturated carbocycles. The van der Waals surface area contributed by atoms with Crippen molar-refractivity contribution in [3.63, 3.8) is 0 Å². The van der Waals surface area contributed by atoms with Gasteiger partial charge in [-0.3, -0.25) is 9.59 Å². The van der Waals surface area contributed by atoms with Crippen molar-refractivity contribution in [1.29, 1.82) is 0 Å². The first-order valence-electron chi connectivity index (χ1n) is 6.17. The van der Waals surface area contributed by atoms with Gasteiger partial charge in [0.2, 0.25) is 11.8 Å². The molecule has 0 spiro atoms. The SMILES string of the molecule is CC(=O)Nc1ccc(NC(=O)C2CCCN2)cc1Cl.Cl. The van der Waals surface area contributed by atoms with E-state index in [-0.39, 0.29) is 30.3 Å². The maximum Gasteiger partial charge on any atom is 0.241 e. The first kappa shape index (κ1) is 16.8. The fraction of sp³-hybridized carbons (Fsp3) is 0.385. The Balaban J connectivity index is 0.00000200. The van der Waals surface area contributed by atoms with E-state index < -0.39 is 0 Å². The molecule has 2 amide bonds. The van der Waals surface area contributed by atoms with E-state index in [4.69, 9.17) is 11.6 Å². The molecule has 3 N–H and O–H groups in total. The highest BCUT2D eigenvalue weighted by Crippen LogP contribution is 2.25. The molecule has 20 heavy (non-hydrogen) atoms. The molecule has 0 aliphatic carbocycles. The van der Waals surface area contributed by atoms with Crippen molar-refractivity contribution in [1.82, 2.24) is 5.32 Å². The van der Waals surface area contributed by atoms with Crippen LogP contribution in [0.3, 0.4) is 0 Å². The summed E-state index contributed by atoms with van der Waals surface area (Å²) in [6.07, 6.45) is 1.86. The standard InChI is InChI=1S/C13H16ClN3O2.ClH/c1-8(18)16-11-5-4-9(7-10(11)14)17-13(19)12-3-2-6-15-12;/h4-5,7,12,15H,2-3,6H2,1H3,(H,16,18)(H,17,19);1H. The number of hydrogen-bond acceptors (Lipinski definition) is 3. The van der Waals surface area contributed by atoms with Crippen LogP contribution in [-0.2, 0) is 9.59 Å². The van der Waals surface area contributed by atoms with Gasteiger partial charge in [0, 0.05) is 12.6 Å². The molecule has 0 bridgehead atoms. The highest BCUT2D eigenvalue weighted by molar-refractivity contribution is 6.34. The molecule has 1 atom stereocenters. The number of rotatable bonds is 3. The Morgan fingerprint density at radius 1 is 1.35 bits per heavy atom. The minimum Gasteiger partial charge on any atom is -0.325 e. The highest BCUT2D eigenvalue weighted by Gasteiger charge is 2.21. The zero-order valence-corrected chi connectivity index (χ0v) is 12.6. The van der Waals surface area contributed by atoms with Crippen molar-refractivity contribution in [2.45, 2.75) is 25.8 Å². The Hall–Kier alpha value is -1.30. The van der Waals surface area contributed by atoms with E-state index >= 15 is 0 Å². The van der Waals surface area contributed by atoms with Crippen LogP contribution >= 0.6 is 24.0 Å². The molecular formula is C13H17Cl2N3O2. The van der Waals surface area contributed by atoms with Gasteiger partial charge in [0.05, 0.1) is 16.8 Å². The van der Waals surface area contributed by atoms with Crippen molar-refractivity contribution in [3.8, 4) is 0 Å². The molecule has 0 aromatic heterocycles. The third kappa shape index (κ3) is 4.37. The Bertz CT molecular complexity index is 502. The summed E-state index contributed by atoms with van der Waals surface area (Å²) in [6, 6.07) is 4.87. The average Bonchev–Trinajstić information content (AvgIpc) is 2.86. The number of carbonyl (C=O) groups is 2. The van der Waals surface area contributed by atoms with Crippen molar-refractivity contribution >= 4 is 47.2 Å². The lowest BCUT2D eigenvalue weighted by atomic mass is 10.2. The molecular weight excluding hydrogens is 301 g/mol. The van der Waals surface area contributed by atoms with Crippen molar-refractivity contribution < 1.29 is 9.59 Å². The monoisotopic (exact) mass is 317 g/mol. The lowest BCUT2D eigenvalue weighted by molar-refractivity contribution is -0.118. The summed E-state index contributed by atoms with van der Waals surface area (Å²) in [7, 11) is 0. The molecule has 1 aromatic rings. The number of anilines is 2. The molecule has 1 saturated heterocycles. The highest BCUT2D eigenvalue weighted by atomic mass is 35.5. The minimum absolute atomic E-state index is 0. The maximum absolute atomic E-state index is 11.9. The van der Waals surface area contributed by atoms with Gasteiger partial charge in [0.15, 0.2) is 0 Å². The maximum atomic E-state index is 11.9. The summed E-state index contributed by atoms with van der Waals surface area (Å²) in [6.45, 7) is 2.29. The Morgan fingerprint density at radius 3 is 2.65 bits per heavy atom. The molecule has 5 nitrogen and oxygen atoms in total. The number of halogens is 2. The molecule has 1 heterocycles. The van der Waals surface area contributed by atoms with Crippen LogP contribution in [0.4, 0.5) is 11.4 Å². The summed E-state index contributed by atoms with van der Waals surface area (Å²) in [5.41, 5.74) is 1.16. The van der Waals surface area contributed by atoms with Crippen molar-refractivity contribution in [3.05, 3.63) is 23.2 Å². The second-order valence-corrected chi connectivity index (χ2v) is 4.92. The number of hydrogen-bond donors (Lipinski definition) is 3. The molecule has 110 valence electrons. The van der Waals surface area contributed by atoms with E-state index in [9.17, 15) is 9.59 Å². The smallest absolute Gasteiger partial charge is 0.241 e. The van der Waals surface area contributed by atoms with E-state index in [2.05, 4.69) is 16.0 Å². The summed E-state index contributed by atoms with van der Waals surface area (Å²) in [4.78, 5) is 22.9. The van der Waals surface area contributed by atoms with Crippen molar-refractivity contribution in [2.24, 2.45) is 0 Å². The van der Waals surface area contributed by atoms with Crippen LogP contribution in [0.15, 0.2) is 18.2 Å². The third-order valence-electron chi connectivity index (χ3n) is 2.92. The normalized spacial score (nSPS) is 17.2. The van der Waals surface area contributed by atoms with E-state index in [1.54, 1.807) is 18.2 Å². The van der Waals surface area contributed by atoms with Gasteiger partial charge in [-0.2, -0.15) is 0 Å². The molecule has 1 aliphatic rings. The summed E-state index contributed by atoms with van der Waals surface area (Å²) in [5.74, 6) is -0.241. The molecule has 0 radical (unpaired) electrons. The topological polar surface area (TPSA) is 70.2 Å². The second kappa shape index (κ2) is 7.47. The van der Waals surface area contributed by atoms with Crippen LogP contribution in [0.5, 0.6) is 0 Å². The van der Waals surface area contributed by atoms with Crippen LogP contribution in [0.1, 0.15) is 19.8 Å². The first-order chi connectivity index (χ1) is 9.06. The lowest BCUT2D eigenvalue weighted by Crippen LogP contribution is -2.35. The summed E-state index contributed by atoms with van der Waals surface area (Å²) >= 11 is 6.03. The Morgan fingerprint density at radius 2 is 2.10 bits per heavy atom. The number of carbonyl (C=O) groups excluding carboxylic acids is 2. The molecule has 1 aromatic carbocycles. The van der Waals surface area contributed by atoms with Crippen LogP contribution in [0, 0.1) is 0 Å². The van der Waals surface area contributed by atoms with E-state index in [0.717, 1.165) is 19.4 Å². The van der Waals surface area contributed by atoms with Gasteiger partial charge >= 0.3 is 0 Å². The molecule has 1 fully saturated rings. The van der Waals surface area contributed by atoms with Gasteiger partial charge in [-0.05, 0) is 37.6 Å². The molecule has 1 aliphatic heterocycles. The lowest BCUT2D eigenvalue weighted by Gasteiger charge is -2.12. The van der Waals surface area contributed by atoms with E-state index in [1.165, 1.54) is 6.92 Å². The van der Waals surface area contributed by atoms with E-state index in [1.807, 2.05) is 0 Å². The second-order valence-electron chi connectivity index (χ2n) is 4.51. The van der Waals surface area contributed by atoms with E-state index in [0.29, 0.717) is 16.4 Å². The molecule has 1 unspecified atom stereocenters. The fourth-order valence-electron chi connectivity index (χ4n) is 2.02. The van der Waals surface area contributed by atoms with Gasteiger partial charge in [-0.1, -0.05) is 11.6 Å². The zero-order chi connectivity index (χ0) is 13.8. The van der Waals surface area contributed by atoms with Crippen LogP contribution in [0.25, 0.3) is 0 Å². The zero-order valence-electron chi connectivity index (χ0n) is 11.0. The predicted octanol–water partition coefficient (Wildman–Crippen LogP) is 2.41. The van der Waals surface area contributed by atoms with Crippen LogP contribution < -0.4 is 16.0 Å².